The van der Waals surface area contributed by atoms with E-state index in [1.165, 1.54) is 11.8 Å². The molecule has 0 bridgehead atoms. The lowest BCUT2D eigenvalue weighted by Crippen LogP contribution is -2.57. The average Bonchev–Trinajstić information content (AvgIpc) is 2.66. The molecule has 0 aromatic heterocycles. The number of nitrogens with one attached hydrogen (secondary N) is 3. The van der Waals surface area contributed by atoms with Gasteiger partial charge in [-0.1, -0.05) is 34.1 Å². The number of carboxylic acids is 1. The van der Waals surface area contributed by atoms with Crippen LogP contribution in [0, 0.1) is 11.8 Å². The van der Waals surface area contributed by atoms with Gasteiger partial charge in [0.15, 0.2) is 0 Å². The first-order chi connectivity index (χ1) is 13.5. The lowest BCUT2D eigenvalue weighted by molar-refractivity contribution is -0.138. The van der Waals surface area contributed by atoms with Gasteiger partial charge < -0.3 is 26.8 Å². The third kappa shape index (κ3) is 11.1. The largest absolute Gasteiger partial charge is 0.480 e. The Kier molecular flexibility index (Phi) is 13.3. The van der Waals surface area contributed by atoms with Crippen LogP contribution in [0.2, 0.25) is 0 Å². The Balaban J connectivity index is 5.23. The normalized spacial score (nSPS) is 15.1. The van der Waals surface area contributed by atoms with Gasteiger partial charge in [-0.05, 0) is 36.7 Å². The third-order valence-electron chi connectivity index (χ3n) is 4.56. The highest BCUT2D eigenvalue weighted by Crippen LogP contribution is 2.09. The third-order valence-corrected chi connectivity index (χ3v) is 5.20. The van der Waals surface area contributed by atoms with Gasteiger partial charge >= 0.3 is 5.97 Å². The fraction of sp³-hybridized carbons (Fsp3) is 0.789. The van der Waals surface area contributed by atoms with Crippen LogP contribution in [0.1, 0.15) is 47.0 Å². The molecule has 4 atom stereocenters. The molecule has 3 amide bonds. The van der Waals surface area contributed by atoms with Crippen molar-refractivity contribution in [1.29, 1.82) is 0 Å². The van der Waals surface area contributed by atoms with Crippen molar-refractivity contribution in [3.8, 4) is 0 Å². The van der Waals surface area contributed by atoms with Crippen LogP contribution in [0.5, 0.6) is 0 Å². The molecule has 0 heterocycles. The standard InChI is InChI=1S/C19H36N4O5S/c1-6-12(4)16(20)19(28)22-13(7-8-29-5)18(27)23-14(9-11(2)3)17(26)21-10-15(24)25/h11-14,16H,6-10,20H2,1-5H3,(H,21,26)(H,22,28)(H,23,27)(H,24,25). The Morgan fingerprint density at radius 2 is 1.59 bits per heavy atom. The van der Waals surface area contributed by atoms with Crippen LogP contribution < -0.4 is 21.7 Å². The quantitative estimate of drug-likeness (QED) is 0.265. The van der Waals surface area contributed by atoms with Gasteiger partial charge in [0.2, 0.25) is 17.7 Å². The zero-order valence-corrected chi connectivity index (χ0v) is 18.8. The molecule has 0 rings (SSSR count). The minimum atomic E-state index is -1.17. The number of thioether (sulfide) groups is 1. The number of aliphatic carboxylic acids is 1. The van der Waals surface area contributed by atoms with Crippen molar-refractivity contribution in [2.75, 3.05) is 18.6 Å². The van der Waals surface area contributed by atoms with Crippen molar-refractivity contribution in [2.45, 2.75) is 65.1 Å². The number of hydrogen-bond donors (Lipinski definition) is 5. The summed E-state index contributed by atoms with van der Waals surface area (Å²) < 4.78 is 0. The molecule has 0 aliphatic rings. The van der Waals surface area contributed by atoms with Crippen LogP contribution in [0.3, 0.4) is 0 Å². The van der Waals surface area contributed by atoms with Gasteiger partial charge in [0.05, 0.1) is 6.04 Å². The molecule has 0 aliphatic heterocycles. The van der Waals surface area contributed by atoms with E-state index in [2.05, 4.69) is 16.0 Å². The topological polar surface area (TPSA) is 151 Å². The monoisotopic (exact) mass is 432 g/mol. The smallest absolute Gasteiger partial charge is 0.322 e. The summed E-state index contributed by atoms with van der Waals surface area (Å²) in [4.78, 5) is 48.2. The second kappa shape index (κ2) is 14.2. The molecule has 0 saturated heterocycles. The molecule has 168 valence electrons. The summed E-state index contributed by atoms with van der Waals surface area (Å²) in [5.74, 6) is -1.94. The summed E-state index contributed by atoms with van der Waals surface area (Å²) in [5.41, 5.74) is 5.96. The van der Waals surface area contributed by atoms with Gasteiger partial charge in [-0.25, -0.2) is 0 Å². The molecule has 0 spiro atoms. The van der Waals surface area contributed by atoms with Gasteiger partial charge in [-0.3, -0.25) is 19.2 Å². The number of nitrogens with two attached hydrogens (primary N) is 1. The summed E-state index contributed by atoms with van der Waals surface area (Å²) in [6.45, 7) is 7.05. The minimum Gasteiger partial charge on any atom is -0.480 e. The lowest BCUT2D eigenvalue weighted by Gasteiger charge is -2.26. The van der Waals surface area contributed by atoms with E-state index in [1.807, 2.05) is 34.0 Å². The molecule has 0 fully saturated rings. The Hall–Kier alpha value is -1.81. The number of hydrogen-bond acceptors (Lipinski definition) is 6. The van der Waals surface area contributed by atoms with E-state index in [0.717, 1.165) is 6.42 Å². The van der Waals surface area contributed by atoms with E-state index < -0.39 is 48.4 Å². The fourth-order valence-corrected chi connectivity index (χ4v) is 3.02. The highest BCUT2D eigenvalue weighted by atomic mass is 32.2. The molecule has 9 nitrogen and oxygen atoms in total. The van der Waals surface area contributed by atoms with Crippen molar-refractivity contribution < 1.29 is 24.3 Å². The predicted octanol–water partition coefficient (Wildman–Crippen LogP) is 0.329. The van der Waals surface area contributed by atoms with E-state index in [9.17, 15) is 19.2 Å². The van der Waals surface area contributed by atoms with E-state index in [-0.39, 0.29) is 11.8 Å². The highest BCUT2D eigenvalue weighted by molar-refractivity contribution is 7.98. The number of carbonyl (C=O) groups excluding carboxylic acids is 3. The highest BCUT2D eigenvalue weighted by Gasteiger charge is 2.29. The first-order valence-electron chi connectivity index (χ1n) is 9.88. The van der Waals surface area contributed by atoms with Crippen molar-refractivity contribution >= 4 is 35.5 Å². The van der Waals surface area contributed by atoms with Gasteiger partial charge in [-0.2, -0.15) is 11.8 Å². The molecule has 0 aliphatic carbocycles. The van der Waals surface area contributed by atoms with Crippen molar-refractivity contribution in [2.24, 2.45) is 17.6 Å². The summed E-state index contributed by atoms with van der Waals surface area (Å²) in [7, 11) is 0. The summed E-state index contributed by atoms with van der Waals surface area (Å²) >= 11 is 1.53. The maximum absolute atomic E-state index is 12.8. The SMILES string of the molecule is CCC(C)C(N)C(=O)NC(CCSC)C(=O)NC(CC(C)C)C(=O)NCC(=O)O. The van der Waals surface area contributed by atoms with E-state index in [4.69, 9.17) is 10.8 Å². The molecular formula is C19H36N4O5S. The van der Waals surface area contributed by atoms with Crippen LogP contribution in [0.15, 0.2) is 0 Å². The maximum atomic E-state index is 12.8. The molecule has 6 N–H and O–H groups in total. The second-order valence-electron chi connectivity index (χ2n) is 7.56. The van der Waals surface area contributed by atoms with Gasteiger partial charge in [0.1, 0.15) is 18.6 Å². The maximum Gasteiger partial charge on any atom is 0.322 e. The van der Waals surface area contributed by atoms with Crippen molar-refractivity contribution in [3.05, 3.63) is 0 Å². The molecule has 10 heteroatoms. The number of rotatable bonds is 14. The second-order valence-corrected chi connectivity index (χ2v) is 8.54. The number of carboxylic acid groups (broad SMARTS) is 1. The first kappa shape index (κ1) is 27.2. The minimum absolute atomic E-state index is 0.0326. The molecule has 0 aromatic carbocycles. The Morgan fingerprint density at radius 1 is 1.00 bits per heavy atom. The molecule has 29 heavy (non-hydrogen) atoms. The zero-order chi connectivity index (χ0) is 22.6. The fourth-order valence-electron chi connectivity index (χ4n) is 2.55. The van der Waals surface area contributed by atoms with Crippen LogP contribution in [-0.2, 0) is 19.2 Å². The molecule has 0 aromatic rings. The Bertz CT molecular complexity index is 559. The summed E-state index contributed by atoms with van der Waals surface area (Å²) in [6, 6.07) is -2.44. The molecule has 0 saturated carbocycles. The van der Waals surface area contributed by atoms with Gasteiger partial charge in [0.25, 0.3) is 0 Å². The van der Waals surface area contributed by atoms with Crippen LogP contribution in [0.4, 0.5) is 0 Å². The van der Waals surface area contributed by atoms with E-state index in [0.29, 0.717) is 18.6 Å². The van der Waals surface area contributed by atoms with Gasteiger partial charge in [-0.15, -0.1) is 0 Å². The predicted molar refractivity (Wildman–Crippen MR) is 114 cm³/mol. The lowest BCUT2D eigenvalue weighted by atomic mass is 9.98. The van der Waals surface area contributed by atoms with Crippen molar-refractivity contribution in [3.63, 3.8) is 0 Å². The molecule has 0 radical (unpaired) electrons. The molecular weight excluding hydrogens is 396 g/mol. The average molecular weight is 433 g/mol. The Morgan fingerprint density at radius 3 is 2.07 bits per heavy atom. The van der Waals surface area contributed by atoms with E-state index in [1.54, 1.807) is 0 Å². The summed E-state index contributed by atoms with van der Waals surface area (Å²) in [6.07, 6.45) is 3.35. The Labute approximate surface area is 177 Å². The van der Waals surface area contributed by atoms with E-state index >= 15 is 0 Å². The molecule has 4 unspecified atom stereocenters. The van der Waals surface area contributed by atoms with Crippen LogP contribution in [0.25, 0.3) is 0 Å². The number of amides is 3. The van der Waals surface area contributed by atoms with Gasteiger partial charge in [0, 0.05) is 0 Å². The van der Waals surface area contributed by atoms with Crippen LogP contribution in [-0.4, -0.2) is 65.5 Å². The zero-order valence-electron chi connectivity index (χ0n) is 18.0. The van der Waals surface area contributed by atoms with Crippen LogP contribution >= 0.6 is 11.8 Å². The number of carbonyl (C=O) groups is 4. The summed E-state index contributed by atoms with van der Waals surface area (Å²) in [5, 5.41) is 16.4. The van der Waals surface area contributed by atoms with Crippen molar-refractivity contribution in [1.82, 2.24) is 16.0 Å². The first-order valence-corrected chi connectivity index (χ1v) is 11.3.